The molecule has 5 rings (SSSR count). The summed E-state index contributed by atoms with van der Waals surface area (Å²) >= 11 is 0. The number of amides is 1. The van der Waals surface area contributed by atoms with Crippen LogP contribution in [0.4, 0.5) is 39.1 Å². The van der Waals surface area contributed by atoms with E-state index in [1.165, 1.54) is 11.0 Å². The van der Waals surface area contributed by atoms with Crippen molar-refractivity contribution >= 4 is 33.1 Å². The molecule has 1 amide bonds. The molecule has 1 aromatic heterocycles. The van der Waals surface area contributed by atoms with Crippen molar-refractivity contribution in [3.05, 3.63) is 46.0 Å². The molecule has 3 fully saturated rings. The molecule has 0 unspecified atom stereocenters. The number of fused-ring (bicyclic) bond motifs is 1. The minimum atomic E-state index is -4.06. The van der Waals surface area contributed by atoms with Gasteiger partial charge in [-0.2, -0.15) is 5.10 Å². The summed E-state index contributed by atoms with van der Waals surface area (Å²) in [5.41, 5.74) is -2.61. The molecular formula is C24H26F5N5O5S. The van der Waals surface area contributed by atoms with Gasteiger partial charge in [-0.15, -0.1) is 0 Å². The second-order valence-corrected chi connectivity index (χ2v) is 12.3. The summed E-state index contributed by atoms with van der Waals surface area (Å²) in [4.78, 5) is 27.0. The van der Waals surface area contributed by atoms with Crippen LogP contribution in [0.3, 0.4) is 0 Å². The Morgan fingerprint density at radius 1 is 1.20 bits per heavy atom. The van der Waals surface area contributed by atoms with E-state index in [1.54, 1.807) is 0 Å². The Bertz CT molecular complexity index is 1500. The number of hydrogen-bond acceptors (Lipinski definition) is 7. The highest BCUT2D eigenvalue weighted by Crippen LogP contribution is 2.62. The van der Waals surface area contributed by atoms with Crippen molar-refractivity contribution in [2.75, 3.05) is 40.4 Å². The zero-order chi connectivity index (χ0) is 29.0. The first-order valence-corrected chi connectivity index (χ1v) is 14.2. The van der Waals surface area contributed by atoms with E-state index in [9.17, 15) is 35.6 Å². The Balaban J connectivity index is 1.45. The molecule has 1 aliphatic heterocycles. The quantitative estimate of drug-likeness (QED) is 0.382. The lowest BCUT2D eigenvalue weighted by molar-refractivity contribution is -0.107. The van der Waals surface area contributed by atoms with Gasteiger partial charge in [0, 0.05) is 37.4 Å². The molecule has 1 aromatic carbocycles. The van der Waals surface area contributed by atoms with Gasteiger partial charge in [0.15, 0.2) is 5.82 Å². The molecule has 3 aliphatic rings. The van der Waals surface area contributed by atoms with Gasteiger partial charge in [0.2, 0.25) is 16.4 Å². The van der Waals surface area contributed by atoms with E-state index in [0.717, 1.165) is 22.9 Å². The molecule has 2 aromatic rings. The van der Waals surface area contributed by atoms with E-state index in [0.29, 0.717) is 0 Å². The second kappa shape index (κ2) is 9.98. The Morgan fingerprint density at radius 3 is 2.55 bits per heavy atom. The molecule has 0 spiro atoms. The van der Waals surface area contributed by atoms with Crippen molar-refractivity contribution < 1.29 is 40.3 Å². The minimum Gasteiger partial charge on any atom is -0.395 e. The summed E-state index contributed by atoms with van der Waals surface area (Å²) in [6, 6.07) is 3.25. The maximum Gasteiger partial charge on any atom is 0.267 e. The Morgan fingerprint density at radius 2 is 1.93 bits per heavy atom. The van der Waals surface area contributed by atoms with E-state index in [4.69, 9.17) is 5.11 Å². The molecule has 2 aliphatic carbocycles. The predicted molar refractivity (Wildman–Crippen MR) is 134 cm³/mol. The van der Waals surface area contributed by atoms with E-state index < -0.39 is 87.8 Å². The van der Waals surface area contributed by atoms with Gasteiger partial charge in [0.1, 0.15) is 5.82 Å². The Hall–Kier alpha value is -3.27. The average Bonchev–Trinajstić information content (AvgIpc) is 3.58. The number of aliphatic hydroxyl groups excluding tert-OH is 1. The Labute approximate surface area is 225 Å². The number of anilines is 3. The van der Waals surface area contributed by atoms with Gasteiger partial charge in [-0.05, 0) is 37.0 Å². The van der Waals surface area contributed by atoms with Gasteiger partial charge in [0.05, 0.1) is 35.3 Å². The largest absolute Gasteiger partial charge is 0.395 e. The molecule has 40 heavy (non-hydrogen) atoms. The molecule has 0 bridgehead atoms. The van der Waals surface area contributed by atoms with Gasteiger partial charge >= 0.3 is 0 Å². The molecular weight excluding hydrogens is 565 g/mol. The van der Waals surface area contributed by atoms with Crippen molar-refractivity contribution in [2.45, 2.75) is 44.1 Å². The maximum absolute atomic E-state index is 15.5. The fourth-order valence-corrected chi connectivity index (χ4v) is 6.28. The van der Waals surface area contributed by atoms with Gasteiger partial charge in [-0.1, -0.05) is 0 Å². The lowest BCUT2D eigenvalue weighted by atomic mass is 9.88. The minimum absolute atomic E-state index is 0.0480. The number of carbonyl (C=O) groups excluding carboxylic acids is 1. The molecule has 10 nitrogen and oxygen atoms in total. The summed E-state index contributed by atoms with van der Waals surface area (Å²) in [5.74, 6) is -6.37. The number of hydrogen-bond donors (Lipinski definition) is 3. The summed E-state index contributed by atoms with van der Waals surface area (Å²) < 4.78 is 96.6. The first-order valence-electron chi connectivity index (χ1n) is 12.5. The smallest absolute Gasteiger partial charge is 0.267 e. The number of benzene rings is 1. The SMILES string of the molecule is O=C(Nc1ccc(=O)n(C2CC(F)(F)C2)n1)c1c(F)cc(NS(=O)(=O)CCO)cc1N1CC[C@]2(C(F)F)C[C@@H]2C1. The first-order chi connectivity index (χ1) is 18.7. The van der Waals surface area contributed by atoms with E-state index in [2.05, 4.69) is 15.1 Å². The number of aliphatic hydroxyl groups is 1. The van der Waals surface area contributed by atoms with Gasteiger partial charge in [0.25, 0.3) is 17.4 Å². The number of nitrogens with one attached hydrogen (secondary N) is 2. The highest BCUT2D eigenvalue weighted by atomic mass is 32.2. The second-order valence-electron chi connectivity index (χ2n) is 10.5. The Kier molecular flexibility index (Phi) is 7.05. The van der Waals surface area contributed by atoms with Crippen LogP contribution in [0.15, 0.2) is 29.1 Å². The van der Waals surface area contributed by atoms with Gasteiger partial charge in [-0.3, -0.25) is 14.3 Å². The van der Waals surface area contributed by atoms with Crippen LogP contribution in [0.1, 0.15) is 42.1 Å². The molecule has 2 atom stereocenters. The fourth-order valence-electron chi connectivity index (χ4n) is 5.46. The zero-order valence-corrected chi connectivity index (χ0v) is 21.7. The molecule has 16 heteroatoms. The maximum atomic E-state index is 15.5. The molecule has 0 radical (unpaired) electrons. The van der Waals surface area contributed by atoms with Crippen molar-refractivity contribution in [2.24, 2.45) is 11.3 Å². The van der Waals surface area contributed by atoms with Crippen LogP contribution in [0.25, 0.3) is 0 Å². The van der Waals surface area contributed by atoms with Crippen molar-refractivity contribution in [3.8, 4) is 0 Å². The monoisotopic (exact) mass is 591 g/mol. The number of halogens is 5. The van der Waals surface area contributed by atoms with Gasteiger partial charge < -0.3 is 15.3 Å². The molecule has 3 N–H and O–H groups in total. The lowest BCUT2D eigenvalue weighted by Gasteiger charge is -2.35. The summed E-state index contributed by atoms with van der Waals surface area (Å²) in [6.45, 7) is -0.565. The standard InChI is InChI=1S/C24H26F5N5O5S/c25-16-7-14(32-40(38,39)6-5-35)8-17(33-4-3-23(22(26)27)9-13(23)12-33)20(16)21(37)30-18-1-2-19(36)34(31-18)15-10-24(28,29)11-15/h1-2,7-8,13,15,22,32,35H,3-6,9-12H2,(H,30,31,37)/t13-,23+/m1/s1. The van der Waals surface area contributed by atoms with Crippen LogP contribution >= 0.6 is 0 Å². The number of rotatable bonds is 9. The number of aromatic nitrogens is 2. The summed E-state index contributed by atoms with van der Waals surface area (Å²) in [6.07, 6.45) is -3.38. The van der Waals surface area contributed by atoms with E-state index >= 15 is 4.39 Å². The third-order valence-corrected chi connectivity index (χ3v) is 9.02. The summed E-state index contributed by atoms with van der Waals surface area (Å²) in [5, 5.41) is 15.3. The number of piperidine rings is 1. The van der Waals surface area contributed by atoms with E-state index in [1.807, 2.05) is 0 Å². The van der Waals surface area contributed by atoms with E-state index in [-0.39, 0.29) is 43.1 Å². The number of carbonyl (C=O) groups is 1. The average molecular weight is 592 g/mol. The number of alkyl halides is 4. The van der Waals surface area contributed by atoms with Crippen LogP contribution < -0.4 is 20.5 Å². The van der Waals surface area contributed by atoms with Crippen LogP contribution in [0.5, 0.6) is 0 Å². The predicted octanol–water partition coefficient (Wildman–Crippen LogP) is 2.82. The van der Waals surface area contributed by atoms with Crippen LogP contribution in [0, 0.1) is 17.2 Å². The molecule has 218 valence electrons. The van der Waals surface area contributed by atoms with Crippen molar-refractivity contribution in [1.29, 1.82) is 0 Å². The van der Waals surface area contributed by atoms with Crippen LogP contribution in [-0.4, -0.2) is 67.0 Å². The highest BCUT2D eigenvalue weighted by Gasteiger charge is 2.62. The summed E-state index contributed by atoms with van der Waals surface area (Å²) in [7, 11) is -4.06. The molecule has 1 saturated heterocycles. The third-order valence-electron chi connectivity index (χ3n) is 7.75. The van der Waals surface area contributed by atoms with Crippen LogP contribution in [0.2, 0.25) is 0 Å². The molecule has 2 saturated carbocycles. The normalized spacial score (nSPS) is 23.9. The highest BCUT2D eigenvalue weighted by molar-refractivity contribution is 7.92. The van der Waals surface area contributed by atoms with Gasteiger partial charge in [-0.25, -0.2) is 35.1 Å². The van der Waals surface area contributed by atoms with Crippen molar-refractivity contribution in [3.63, 3.8) is 0 Å². The first kappa shape index (κ1) is 28.3. The lowest BCUT2D eigenvalue weighted by Crippen LogP contribution is -2.42. The van der Waals surface area contributed by atoms with Crippen LogP contribution in [-0.2, 0) is 10.0 Å². The topological polar surface area (TPSA) is 134 Å². The molecule has 2 heterocycles. The number of sulfonamides is 1. The third kappa shape index (κ3) is 5.38. The fraction of sp³-hybridized carbons (Fsp3) is 0.542. The number of nitrogens with zero attached hydrogens (tertiary/aromatic N) is 3. The van der Waals surface area contributed by atoms with Crippen molar-refractivity contribution in [1.82, 2.24) is 9.78 Å². The zero-order valence-electron chi connectivity index (χ0n) is 20.9.